The fraction of sp³-hybridized carbons (Fsp3) is 0. The van der Waals surface area contributed by atoms with Gasteiger partial charge in [0.15, 0.2) is 0 Å². The van der Waals surface area contributed by atoms with Gasteiger partial charge in [0.1, 0.15) is 5.75 Å². The van der Waals surface area contributed by atoms with Gasteiger partial charge in [-0.05, 0) is 48.5 Å². The monoisotopic (exact) mass is 436 g/mol. The number of halogens is 2. The summed E-state index contributed by atoms with van der Waals surface area (Å²) in [5.74, 6) is -0.644. The summed E-state index contributed by atoms with van der Waals surface area (Å²) < 4.78 is 27.6. The number of hydrogen-bond acceptors (Lipinski definition) is 4. The Hall–Kier alpha value is -2.74. The van der Waals surface area contributed by atoms with Crippen LogP contribution in [0.25, 0.3) is 0 Å². The number of benzene rings is 3. The zero-order valence-corrected chi connectivity index (χ0v) is 16.5. The van der Waals surface area contributed by atoms with Crippen LogP contribution < -0.4 is 10.0 Å². The van der Waals surface area contributed by atoms with Crippen LogP contribution in [0.1, 0.15) is 10.4 Å². The highest BCUT2D eigenvalue weighted by Gasteiger charge is 2.18. The summed E-state index contributed by atoms with van der Waals surface area (Å²) >= 11 is 11.8. The van der Waals surface area contributed by atoms with Gasteiger partial charge in [-0.15, -0.1) is 0 Å². The lowest BCUT2D eigenvalue weighted by Crippen LogP contribution is -2.16. The van der Waals surface area contributed by atoms with Gasteiger partial charge in [0.2, 0.25) is 0 Å². The fourth-order valence-electron chi connectivity index (χ4n) is 2.34. The molecule has 0 atom stereocenters. The topological polar surface area (TPSA) is 95.5 Å². The van der Waals surface area contributed by atoms with Crippen molar-refractivity contribution in [2.24, 2.45) is 0 Å². The molecule has 0 unspecified atom stereocenters. The van der Waals surface area contributed by atoms with Crippen LogP contribution in [-0.2, 0) is 10.0 Å². The van der Waals surface area contributed by atoms with Crippen LogP contribution in [0.4, 0.5) is 11.4 Å². The van der Waals surface area contributed by atoms with E-state index < -0.39 is 15.9 Å². The van der Waals surface area contributed by atoms with E-state index in [1.54, 1.807) is 18.2 Å². The predicted octanol–water partition coefficient (Wildman–Crippen LogP) is 4.75. The van der Waals surface area contributed by atoms with E-state index in [2.05, 4.69) is 10.0 Å². The van der Waals surface area contributed by atoms with Crippen molar-refractivity contribution in [2.45, 2.75) is 4.90 Å². The lowest BCUT2D eigenvalue weighted by Gasteiger charge is -2.11. The Morgan fingerprint density at radius 2 is 1.64 bits per heavy atom. The number of nitrogens with one attached hydrogen (secondary N) is 2. The van der Waals surface area contributed by atoms with Gasteiger partial charge >= 0.3 is 0 Å². The predicted molar refractivity (Wildman–Crippen MR) is 110 cm³/mol. The maximum Gasteiger partial charge on any atom is 0.261 e. The highest BCUT2D eigenvalue weighted by molar-refractivity contribution is 7.92. The van der Waals surface area contributed by atoms with Crippen molar-refractivity contribution in [3.8, 4) is 5.75 Å². The number of rotatable bonds is 5. The van der Waals surface area contributed by atoms with Gasteiger partial charge < -0.3 is 10.4 Å². The van der Waals surface area contributed by atoms with Crippen molar-refractivity contribution in [1.82, 2.24) is 0 Å². The molecule has 0 radical (unpaired) electrons. The number of phenols is 1. The molecule has 0 fully saturated rings. The van der Waals surface area contributed by atoms with E-state index in [0.29, 0.717) is 5.69 Å². The summed E-state index contributed by atoms with van der Waals surface area (Å²) in [6, 6.07) is 16.2. The number of carbonyl (C=O) groups excluding carboxylic acids is 1. The summed E-state index contributed by atoms with van der Waals surface area (Å²) in [6.07, 6.45) is 0. The van der Waals surface area contributed by atoms with E-state index in [9.17, 15) is 18.3 Å². The number of carbonyl (C=O) groups is 1. The normalized spacial score (nSPS) is 11.1. The van der Waals surface area contributed by atoms with Gasteiger partial charge in [-0.2, -0.15) is 0 Å². The number of phenolic OH excluding ortho intramolecular Hbond substituents is 1. The number of aromatic hydroxyl groups is 1. The highest BCUT2D eigenvalue weighted by atomic mass is 35.5. The third-order valence-electron chi connectivity index (χ3n) is 3.73. The number of sulfonamides is 1. The van der Waals surface area contributed by atoms with Gasteiger partial charge in [0.25, 0.3) is 15.9 Å². The molecule has 0 aliphatic carbocycles. The minimum absolute atomic E-state index is 0.0815. The number of hydrogen-bond donors (Lipinski definition) is 3. The molecule has 0 aliphatic rings. The second-order valence-corrected chi connectivity index (χ2v) is 8.23. The molecule has 3 aromatic rings. The second-order valence-electron chi connectivity index (χ2n) is 5.73. The summed E-state index contributed by atoms with van der Waals surface area (Å²) in [4.78, 5) is 12.4. The molecule has 28 heavy (non-hydrogen) atoms. The van der Waals surface area contributed by atoms with Crippen LogP contribution >= 0.6 is 23.2 Å². The number of anilines is 2. The molecular formula is C19H14Cl2N2O4S. The van der Waals surface area contributed by atoms with Crippen molar-refractivity contribution in [2.75, 3.05) is 10.0 Å². The van der Waals surface area contributed by atoms with Crippen LogP contribution in [0, 0.1) is 0 Å². The highest BCUT2D eigenvalue weighted by Crippen LogP contribution is 2.27. The maximum atomic E-state index is 12.6. The Kier molecular flexibility index (Phi) is 5.79. The third-order valence-corrected chi connectivity index (χ3v) is 5.73. The van der Waals surface area contributed by atoms with E-state index in [1.165, 1.54) is 48.5 Å². The molecule has 0 saturated carbocycles. The average Bonchev–Trinajstić information content (AvgIpc) is 2.66. The minimum atomic E-state index is -3.95. The molecule has 0 aliphatic heterocycles. The number of amides is 1. The van der Waals surface area contributed by atoms with Crippen LogP contribution in [0.2, 0.25) is 10.0 Å². The quantitative estimate of drug-likeness (QED) is 0.502. The lowest BCUT2D eigenvalue weighted by atomic mass is 10.2. The molecular weight excluding hydrogens is 423 g/mol. The third kappa shape index (κ3) is 4.56. The second kappa shape index (κ2) is 8.10. The Balaban J connectivity index is 1.83. The van der Waals surface area contributed by atoms with Gasteiger partial charge in [0, 0.05) is 11.3 Å². The maximum absolute atomic E-state index is 12.6. The molecule has 0 saturated heterocycles. The summed E-state index contributed by atoms with van der Waals surface area (Å²) in [5.41, 5.74) is 0.722. The largest absolute Gasteiger partial charge is 0.506 e. The van der Waals surface area contributed by atoms with Crippen LogP contribution in [-0.4, -0.2) is 19.4 Å². The van der Waals surface area contributed by atoms with E-state index in [4.69, 9.17) is 23.2 Å². The summed E-state index contributed by atoms with van der Waals surface area (Å²) in [5, 5.41) is 12.4. The van der Waals surface area contributed by atoms with E-state index in [-0.39, 0.29) is 31.9 Å². The first-order valence-electron chi connectivity index (χ1n) is 7.93. The lowest BCUT2D eigenvalue weighted by molar-refractivity contribution is 0.102. The molecule has 9 heteroatoms. The minimum Gasteiger partial charge on any atom is -0.506 e. The Morgan fingerprint density at radius 3 is 2.36 bits per heavy atom. The molecule has 0 heterocycles. The molecule has 0 aromatic heterocycles. The van der Waals surface area contributed by atoms with Gasteiger partial charge in [-0.1, -0.05) is 41.4 Å². The van der Waals surface area contributed by atoms with Crippen LogP contribution in [0.5, 0.6) is 5.75 Å². The average molecular weight is 437 g/mol. The first-order chi connectivity index (χ1) is 13.3. The Morgan fingerprint density at radius 1 is 0.893 bits per heavy atom. The van der Waals surface area contributed by atoms with E-state index >= 15 is 0 Å². The Labute approximate surface area is 171 Å². The van der Waals surface area contributed by atoms with Crippen molar-refractivity contribution in [3.63, 3.8) is 0 Å². The molecule has 1 amide bonds. The molecule has 144 valence electrons. The fourth-order valence-corrected chi connectivity index (χ4v) is 3.88. The zero-order chi connectivity index (χ0) is 20.3. The molecule has 0 bridgehead atoms. The molecule has 3 aromatic carbocycles. The van der Waals surface area contributed by atoms with Crippen LogP contribution in [0.15, 0.2) is 71.6 Å². The van der Waals surface area contributed by atoms with Crippen molar-refractivity contribution < 1.29 is 18.3 Å². The molecule has 3 rings (SSSR count). The standard InChI is InChI=1S/C19H14Cl2N2O4S/c20-15-6-1-2-7-17(15)23-28(26,27)14-5-3-4-12(10-14)19(25)22-13-8-9-18(24)16(21)11-13/h1-11,23-24H,(H,22,25). The first kappa shape index (κ1) is 20.0. The molecule has 6 nitrogen and oxygen atoms in total. The Bertz CT molecular complexity index is 1150. The van der Waals surface area contributed by atoms with Crippen molar-refractivity contribution in [3.05, 3.63) is 82.3 Å². The molecule has 3 N–H and O–H groups in total. The molecule has 0 spiro atoms. The van der Waals surface area contributed by atoms with E-state index in [1.807, 2.05) is 0 Å². The van der Waals surface area contributed by atoms with Gasteiger partial charge in [-0.3, -0.25) is 9.52 Å². The van der Waals surface area contributed by atoms with Crippen molar-refractivity contribution in [1.29, 1.82) is 0 Å². The van der Waals surface area contributed by atoms with Crippen LogP contribution in [0.3, 0.4) is 0 Å². The van der Waals surface area contributed by atoms with E-state index in [0.717, 1.165) is 0 Å². The smallest absolute Gasteiger partial charge is 0.261 e. The SMILES string of the molecule is O=C(Nc1ccc(O)c(Cl)c1)c1cccc(S(=O)(=O)Nc2ccccc2Cl)c1. The number of para-hydroxylation sites is 1. The zero-order valence-electron chi connectivity index (χ0n) is 14.2. The summed E-state index contributed by atoms with van der Waals surface area (Å²) in [7, 11) is -3.95. The summed E-state index contributed by atoms with van der Waals surface area (Å²) in [6.45, 7) is 0. The van der Waals surface area contributed by atoms with Crippen molar-refractivity contribution >= 4 is 50.5 Å². The van der Waals surface area contributed by atoms with Gasteiger partial charge in [0.05, 0.1) is 20.6 Å². The van der Waals surface area contributed by atoms with Gasteiger partial charge in [-0.25, -0.2) is 8.42 Å². The first-order valence-corrected chi connectivity index (χ1v) is 10.2.